The fraction of sp³-hybridized carbons (Fsp3) is 0.294. The molecule has 0 radical (unpaired) electrons. The zero-order chi connectivity index (χ0) is 16.3. The number of benzene rings is 2. The van der Waals surface area contributed by atoms with Crippen LogP contribution in [-0.2, 0) is 23.2 Å². The standard InChI is InChI=1S/C17H20N2O3S/c1-19(13-16-11-15-9-5-6-10-17(15)22-16)23(20,21)18-12-14-7-3-2-4-8-14/h2-10,16,18H,11-13H2,1H3/t16-/m0/s1. The molecular weight excluding hydrogens is 312 g/mol. The Morgan fingerprint density at radius 3 is 2.57 bits per heavy atom. The molecule has 0 saturated heterocycles. The monoisotopic (exact) mass is 332 g/mol. The van der Waals surface area contributed by atoms with Gasteiger partial charge in [-0.05, 0) is 17.2 Å². The van der Waals surface area contributed by atoms with Crippen LogP contribution in [0.4, 0.5) is 0 Å². The van der Waals surface area contributed by atoms with Crippen LogP contribution < -0.4 is 9.46 Å². The Kier molecular flexibility index (Phi) is 4.66. The third-order valence-corrected chi connectivity index (χ3v) is 5.37. The van der Waals surface area contributed by atoms with Crippen LogP contribution in [0.1, 0.15) is 11.1 Å². The van der Waals surface area contributed by atoms with E-state index in [1.165, 1.54) is 4.31 Å². The van der Waals surface area contributed by atoms with Gasteiger partial charge in [-0.1, -0.05) is 48.5 Å². The Morgan fingerprint density at radius 2 is 1.83 bits per heavy atom. The fourth-order valence-electron chi connectivity index (χ4n) is 2.62. The Labute approximate surface area is 137 Å². The molecule has 23 heavy (non-hydrogen) atoms. The largest absolute Gasteiger partial charge is 0.488 e. The molecule has 5 nitrogen and oxygen atoms in total. The van der Waals surface area contributed by atoms with Gasteiger partial charge in [-0.15, -0.1) is 0 Å². The smallest absolute Gasteiger partial charge is 0.279 e. The maximum Gasteiger partial charge on any atom is 0.279 e. The van der Waals surface area contributed by atoms with Gasteiger partial charge in [-0.25, -0.2) is 0 Å². The SMILES string of the molecule is CN(C[C@@H]1Cc2ccccc2O1)S(=O)(=O)NCc1ccccc1. The van der Waals surface area contributed by atoms with E-state index in [1.807, 2.05) is 54.6 Å². The van der Waals surface area contributed by atoms with Gasteiger partial charge in [0.2, 0.25) is 0 Å². The van der Waals surface area contributed by atoms with Gasteiger partial charge in [0.05, 0.1) is 6.54 Å². The maximum atomic E-state index is 12.3. The van der Waals surface area contributed by atoms with Gasteiger partial charge in [0.1, 0.15) is 11.9 Å². The molecular formula is C17H20N2O3S. The maximum absolute atomic E-state index is 12.3. The second-order valence-corrected chi connectivity index (χ2v) is 7.51. The summed E-state index contributed by atoms with van der Waals surface area (Å²) in [5.41, 5.74) is 2.05. The minimum absolute atomic E-state index is 0.147. The molecule has 2 aromatic rings. The highest BCUT2D eigenvalue weighted by molar-refractivity contribution is 7.87. The number of nitrogens with zero attached hydrogens (tertiary/aromatic N) is 1. The van der Waals surface area contributed by atoms with Crippen molar-refractivity contribution < 1.29 is 13.2 Å². The zero-order valence-electron chi connectivity index (χ0n) is 13.0. The lowest BCUT2D eigenvalue weighted by Crippen LogP contribution is -2.42. The highest BCUT2D eigenvalue weighted by Gasteiger charge is 2.27. The van der Waals surface area contributed by atoms with Crippen molar-refractivity contribution >= 4 is 10.2 Å². The molecule has 0 spiro atoms. The van der Waals surface area contributed by atoms with Crippen molar-refractivity contribution in [1.29, 1.82) is 0 Å². The topological polar surface area (TPSA) is 58.6 Å². The number of hydrogen-bond donors (Lipinski definition) is 1. The lowest BCUT2D eigenvalue weighted by molar-refractivity contribution is 0.204. The summed E-state index contributed by atoms with van der Waals surface area (Å²) in [5, 5.41) is 0. The van der Waals surface area contributed by atoms with E-state index in [9.17, 15) is 8.42 Å². The molecule has 6 heteroatoms. The van der Waals surface area contributed by atoms with Crippen LogP contribution in [0, 0.1) is 0 Å². The van der Waals surface area contributed by atoms with Crippen LogP contribution in [0.3, 0.4) is 0 Å². The number of likely N-dealkylation sites (N-methyl/N-ethyl adjacent to an activating group) is 1. The summed E-state index contributed by atoms with van der Waals surface area (Å²) in [6.07, 6.45) is 0.583. The molecule has 0 unspecified atom stereocenters. The Bertz CT molecular complexity index is 737. The summed E-state index contributed by atoms with van der Waals surface area (Å²) in [6.45, 7) is 0.595. The molecule has 3 rings (SSSR count). The normalized spacial score (nSPS) is 17.0. The number of rotatable bonds is 6. The number of fused-ring (bicyclic) bond motifs is 1. The van der Waals surface area contributed by atoms with Crippen LogP contribution in [0.15, 0.2) is 54.6 Å². The van der Waals surface area contributed by atoms with Gasteiger partial charge < -0.3 is 4.74 Å². The fourth-order valence-corrected chi connectivity index (χ4v) is 3.55. The van der Waals surface area contributed by atoms with E-state index >= 15 is 0 Å². The van der Waals surface area contributed by atoms with E-state index in [2.05, 4.69) is 4.72 Å². The average Bonchev–Trinajstić information content (AvgIpc) is 2.96. The highest BCUT2D eigenvalue weighted by atomic mass is 32.2. The minimum Gasteiger partial charge on any atom is -0.488 e. The first kappa shape index (κ1) is 16.0. The first-order valence-electron chi connectivity index (χ1n) is 7.54. The van der Waals surface area contributed by atoms with E-state index in [1.54, 1.807) is 7.05 Å². The lowest BCUT2D eigenvalue weighted by atomic mass is 10.1. The molecule has 122 valence electrons. The molecule has 0 amide bonds. The van der Waals surface area contributed by atoms with Crippen LogP contribution >= 0.6 is 0 Å². The molecule has 1 aliphatic rings. The number of para-hydroxylation sites is 1. The second kappa shape index (κ2) is 6.70. The quantitative estimate of drug-likeness (QED) is 0.880. The molecule has 1 aliphatic heterocycles. The molecule has 2 aromatic carbocycles. The van der Waals surface area contributed by atoms with Crippen molar-refractivity contribution in [2.75, 3.05) is 13.6 Å². The van der Waals surface area contributed by atoms with Crippen LogP contribution in [-0.4, -0.2) is 32.4 Å². The average molecular weight is 332 g/mol. The van der Waals surface area contributed by atoms with Gasteiger partial charge in [0, 0.05) is 20.0 Å². The van der Waals surface area contributed by atoms with E-state index < -0.39 is 10.2 Å². The van der Waals surface area contributed by atoms with Crippen molar-refractivity contribution in [1.82, 2.24) is 9.03 Å². The summed E-state index contributed by atoms with van der Waals surface area (Å²) < 4.78 is 34.4. The Hall–Kier alpha value is -1.89. The first-order chi connectivity index (χ1) is 11.0. The van der Waals surface area contributed by atoms with Crippen molar-refractivity contribution in [3.05, 3.63) is 65.7 Å². The van der Waals surface area contributed by atoms with Gasteiger partial charge in [0.15, 0.2) is 0 Å². The summed E-state index contributed by atoms with van der Waals surface area (Å²) in [6, 6.07) is 17.3. The number of ether oxygens (including phenoxy) is 1. The Morgan fingerprint density at radius 1 is 1.13 bits per heavy atom. The second-order valence-electron chi connectivity index (χ2n) is 5.64. The molecule has 0 aliphatic carbocycles. The molecule has 0 bridgehead atoms. The highest BCUT2D eigenvalue weighted by Crippen LogP contribution is 2.28. The van der Waals surface area contributed by atoms with E-state index in [4.69, 9.17) is 4.74 Å². The lowest BCUT2D eigenvalue weighted by Gasteiger charge is -2.21. The van der Waals surface area contributed by atoms with Gasteiger partial charge >= 0.3 is 0 Å². The summed E-state index contributed by atoms with van der Waals surface area (Å²) in [4.78, 5) is 0. The predicted molar refractivity (Wildman–Crippen MR) is 89.4 cm³/mol. The van der Waals surface area contributed by atoms with Gasteiger partial charge in [-0.2, -0.15) is 17.4 Å². The summed E-state index contributed by atoms with van der Waals surface area (Å²) in [5.74, 6) is 0.848. The Balaban J connectivity index is 1.56. The molecule has 0 saturated carbocycles. The molecule has 1 N–H and O–H groups in total. The van der Waals surface area contributed by atoms with Gasteiger partial charge in [-0.3, -0.25) is 0 Å². The van der Waals surface area contributed by atoms with Crippen LogP contribution in [0.25, 0.3) is 0 Å². The number of hydrogen-bond acceptors (Lipinski definition) is 3. The van der Waals surface area contributed by atoms with E-state index in [0.29, 0.717) is 6.54 Å². The minimum atomic E-state index is -3.53. The summed E-state index contributed by atoms with van der Waals surface area (Å²) in [7, 11) is -1.96. The third kappa shape index (κ3) is 3.90. The summed E-state index contributed by atoms with van der Waals surface area (Å²) >= 11 is 0. The van der Waals surface area contributed by atoms with Crippen molar-refractivity contribution in [2.45, 2.75) is 19.1 Å². The van der Waals surface area contributed by atoms with Crippen molar-refractivity contribution in [3.63, 3.8) is 0 Å². The number of nitrogens with one attached hydrogen (secondary N) is 1. The molecule has 1 atom stereocenters. The molecule has 1 heterocycles. The first-order valence-corrected chi connectivity index (χ1v) is 8.98. The predicted octanol–water partition coefficient (Wildman–Crippen LogP) is 1.96. The van der Waals surface area contributed by atoms with E-state index in [-0.39, 0.29) is 12.6 Å². The van der Waals surface area contributed by atoms with Crippen LogP contribution in [0.5, 0.6) is 5.75 Å². The van der Waals surface area contributed by atoms with Gasteiger partial charge in [0.25, 0.3) is 10.2 Å². The van der Waals surface area contributed by atoms with Crippen LogP contribution in [0.2, 0.25) is 0 Å². The van der Waals surface area contributed by atoms with Crippen molar-refractivity contribution in [3.8, 4) is 5.75 Å². The molecule has 0 fully saturated rings. The third-order valence-electron chi connectivity index (χ3n) is 3.89. The van der Waals surface area contributed by atoms with E-state index in [0.717, 1.165) is 23.3 Å². The molecule has 0 aromatic heterocycles. The van der Waals surface area contributed by atoms with Crippen molar-refractivity contribution in [2.24, 2.45) is 0 Å². The zero-order valence-corrected chi connectivity index (χ0v) is 13.8.